The van der Waals surface area contributed by atoms with Crippen molar-refractivity contribution in [3.63, 3.8) is 0 Å². The molecule has 0 saturated carbocycles. The Hall–Kier alpha value is -1.03. The molecule has 64 valence electrons. The minimum Gasteiger partial charge on any atom is -0.497 e. The molecule has 1 N–H and O–H groups in total. The molecule has 0 bridgehead atoms. The highest BCUT2D eigenvalue weighted by Crippen LogP contribution is 2.35. The summed E-state index contributed by atoms with van der Waals surface area (Å²) in [6.07, 6.45) is 0. The minimum atomic E-state index is -0.243. The van der Waals surface area contributed by atoms with Gasteiger partial charge in [0.05, 0.1) is 12.8 Å². The van der Waals surface area contributed by atoms with Crippen LogP contribution in [-0.4, -0.2) is 12.7 Å². The number of rotatable bonds is 1. The van der Waals surface area contributed by atoms with Crippen LogP contribution in [-0.2, 0) is 0 Å². The topological polar surface area (TPSA) is 30.5 Å². The highest BCUT2D eigenvalue weighted by Gasteiger charge is 2.18. The maximum Gasteiger partial charge on any atom is 0.216 e. The van der Waals surface area contributed by atoms with E-state index in [4.69, 9.17) is 9.47 Å². The summed E-state index contributed by atoms with van der Waals surface area (Å²) in [4.78, 5) is 0. The molecular formula is C8H9NO2S. The van der Waals surface area contributed by atoms with E-state index in [0.29, 0.717) is 0 Å². The Bertz CT molecular complexity index is 303. The van der Waals surface area contributed by atoms with Gasteiger partial charge in [-0.2, -0.15) is 0 Å². The van der Waals surface area contributed by atoms with Crippen LogP contribution in [0.3, 0.4) is 0 Å². The lowest BCUT2D eigenvalue weighted by atomic mass is 10.3. The Morgan fingerprint density at radius 1 is 1.58 bits per heavy atom. The number of nitrogens with one attached hydrogen (secondary N) is 1. The normalized spacial score (nSPS) is 19.3. The molecule has 1 aliphatic heterocycles. The Labute approximate surface area is 76.1 Å². The van der Waals surface area contributed by atoms with Crippen molar-refractivity contribution in [1.82, 2.24) is 0 Å². The Morgan fingerprint density at radius 3 is 3.17 bits per heavy atom. The van der Waals surface area contributed by atoms with E-state index >= 15 is 0 Å². The molecule has 3 nitrogen and oxygen atoms in total. The van der Waals surface area contributed by atoms with Gasteiger partial charge in [-0.3, -0.25) is 0 Å². The zero-order valence-electron chi connectivity index (χ0n) is 6.57. The van der Waals surface area contributed by atoms with Crippen molar-refractivity contribution in [2.75, 3.05) is 12.4 Å². The van der Waals surface area contributed by atoms with Crippen LogP contribution in [0, 0.1) is 0 Å². The van der Waals surface area contributed by atoms with Crippen LogP contribution in [0.25, 0.3) is 0 Å². The Morgan fingerprint density at radius 2 is 2.42 bits per heavy atom. The Balaban J connectivity index is 2.35. The summed E-state index contributed by atoms with van der Waals surface area (Å²) in [5, 5.41) is 3.03. The van der Waals surface area contributed by atoms with Crippen molar-refractivity contribution in [1.29, 1.82) is 0 Å². The van der Waals surface area contributed by atoms with Gasteiger partial charge in [-0.05, 0) is 12.1 Å². The third-order valence-corrected chi connectivity index (χ3v) is 1.94. The second-order valence-electron chi connectivity index (χ2n) is 2.48. The van der Waals surface area contributed by atoms with Crippen molar-refractivity contribution in [3.8, 4) is 11.5 Å². The van der Waals surface area contributed by atoms with Crippen molar-refractivity contribution >= 4 is 18.3 Å². The molecule has 1 unspecified atom stereocenters. The molecule has 12 heavy (non-hydrogen) atoms. The molecule has 1 atom stereocenters. The summed E-state index contributed by atoms with van der Waals surface area (Å²) in [5.74, 6) is 1.63. The molecule has 4 heteroatoms. The van der Waals surface area contributed by atoms with Gasteiger partial charge in [0.2, 0.25) is 5.56 Å². The Kier molecular flexibility index (Phi) is 1.77. The van der Waals surface area contributed by atoms with Crippen molar-refractivity contribution in [3.05, 3.63) is 18.2 Å². The first kappa shape index (κ1) is 7.61. The van der Waals surface area contributed by atoms with Crippen LogP contribution in [0.4, 0.5) is 5.69 Å². The number of thiol groups is 1. The minimum absolute atomic E-state index is 0.243. The molecule has 0 amide bonds. The molecule has 0 radical (unpaired) electrons. The molecule has 0 aliphatic carbocycles. The largest absolute Gasteiger partial charge is 0.497 e. The molecular weight excluding hydrogens is 174 g/mol. The quantitative estimate of drug-likeness (QED) is 0.650. The number of anilines is 1. The highest BCUT2D eigenvalue weighted by molar-refractivity contribution is 7.80. The first-order chi connectivity index (χ1) is 5.79. The standard InChI is InChI=1S/C8H9NO2S/c1-10-5-2-3-7-6(4-5)9-8(12)11-7/h2-4,8-9,12H,1H3. The van der Waals surface area contributed by atoms with Crippen LogP contribution < -0.4 is 14.8 Å². The lowest BCUT2D eigenvalue weighted by Gasteiger charge is -2.00. The average molecular weight is 183 g/mol. The smallest absolute Gasteiger partial charge is 0.216 e. The predicted octanol–water partition coefficient (Wildman–Crippen LogP) is 1.71. The van der Waals surface area contributed by atoms with Gasteiger partial charge in [0.25, 0.3) is 0 Å². The summed E-state index contributed by atoms with van der Waals surface area (Å²) in [6.45, 7) is 0. The van der Waals surface area contributed by atoms with E-state index in [9.17, 15) is 0 Å². The van der Waals surface area contributed by atoms with E-state index in [0.717, 1.165) is 17.2 Å². The summed E-state index contributed by atoms with van der Waals surface area (Å²) < 4.78 is 10.4. The maximum atomic E-state index is 5.30. The van der Waals surface area contributed by atoms with Gasteiger partial charge < -0.3 is 14.8 Å². The summed E-state index contributed by atoms with van der Waals surface area (Å²) in [6, 6.07) is 5.59. The molecule has 1 heterocycles. The molecule has 1 aromatic carbocycles. The summed E-state index contributed by atoms with van der Waals surface area (Å²) in [7, 11) is 1.63. The second kappa shape index (κ2) is 2.79. The fraction of sp³-hybridized carbons (Fsp3) is 0.250. The zero-order valence-corrected chi connectivity index (χ0v) is 7.47. The summed E-state index contributed by atoms with van der Waals surface area (Å²) >= 11 is 4.13. The SMILES string of the molecule is COc1ccc2c(c1)NC(S)O2. The van der Waals surface area contributed by atoms with Gasteiger partial charge in [-0.15, -0.1) is 12.6 Å². The van der Waals surface area contributed by atoms with E-state index in [1.807, 2.05) is 18.2 Å². The maximum absolute atomic E-state index is 5.30. The van der Waals surface area contributed by atoms with Crippen LogP contribution >= 0.6 is 12.6 Å². The lowest BCUT2D eigenvalue weighted by molar-refractivity contribution is 0.342. The molecule has 0 aromatic heterocycles. The number of ether oxygens (including phenoxy) is 2. The third kappa shape index (κ3) is 1.18. The van der Waals surface area contributed by atoms with Gasteiger partial charge in [0.15, 0.2) is 0 Å². The zero-order chi connectivity index (χ0) is 8.55. The van der Waals surface area contributed by atoms with Gasteiger partial charge >= 0.3 is 0 Å². The summed E-state index contributed by atoms with van der Waals surface area (Å²) in [5.41, 5.74) is 0.682. The molecule has 1 aromatic rings. The van der Waals surface area contributed by atoms with E-state index in [1.165, 1.54) is 0 Å². The monoisotopic (exact) mass is 183 g/mol. The number of benzene rings is 1. The van der Waals surface area contributed by atoms with Crippen LogP contribution in [0.15, 0.2) is 18.2 Å². The first-order valence-corrected chi connectivity index (χ1v) is 4.10. The average Bonchev–Trinajstić information content (AvgIpc) is 2.43. The van der Waals surface area contributed by atoms with Crippen molar-refractivity contribution in [2.45, 2.75) is 5.56 Å². The second-order valence-corrected chi connectivity index (χ2v) is 2.95. The van der Waals surface area contributed by atoms with Crippen LogP contribution in [0.1, 0.15) is 0 Å². The van der Waals surface area contributed by atoms with E-state index in [1.54, 1.807) is 7.11 Å². The molecule has 1 aliphatic rings. The molecule has 0 saturated heterocycles. The number of hydrogen-bond acceptors (Lipinski definition) is 4. The lowest BCUT2D eigenvalue weighted by Crippen LogP contribution is -2.10. The first-order valence-electron chi connectivity index (χ1n) is 3.59. The van der Waals surface area contributed by atoms with Crippen molar-refractivity contribution in [2.24, 2.45) is 0 Å². The van der Waals surface area contributed by atoms with E-state index < -0.39 is 0 Å². The fourth-order valence-corrected chi connectivity index (χ4v) is 1.39. The molecule has 0 fully saturated rings. The van der Waals surface area contributed by atoms with Crippen molar-refractivity contribution < 1.29 is 9.47 Å². The van der Waals surface area contributed by atoms with Gasteiger partial charge in [0, 0.05) is 6.07 Å². The number of methoxy groups -OCH3 is 1. The third-order valence-electron chi connectivity index (χ3n) is 1.70. The fourth-order valence-electron chi connectivity index (χ4n) is 1.13. The van der Waals surface area contributed by atoms with Gasteiger partial charge in [-0.1, -0.05) is 0 Å². The number of fused-ring (bicyclic) bond motifs is 1. The molecule has 2 rings (SSSR count). The molecule has 0 spiro atoms. The van der Waals surface area contributed by atoms with Gasteiger partial charge in [0.1, 0.15) is 11.5 Å². The van der Waals surface area contributed by atoms with Crippen LogP contribution in [0.2, 0.25) is 0 Å². The number of hydrogen-bond donors (Lipinski definition) is 2. The predicted molar refractivity (Wildman–Crippen MR) is 50.0 cm³/mol. The van der Waals surface area contributed by atoms with E-state index in [-0.39, 0.29) is 5.56 Å². The van der Waals surface area contributed by atoms with Crippen LogP contribution in [0.5, 0.6) is 11.5 Å². The van der Waals surface area contributed by atoms with Gasteiger partial charge in [-0.25, -0.2) is 0 Å². The van der Waals surface area contributed by atoms with E-state index in [2.05, 4.69) is 17.9 Å². The highest BCUT2D eigenvalue weighted by atomic mass is 32.1.